The number of hydrogen-bond acceptors (Lipinski definition) is 4. The molecule has 0 spiro atoms. The molecular weight excluding hydrogens is 342 g/mol. The van der Waals surface area contributed by atoms with Crippen LogP contribution in [0.15, 0.2) is 24.3 Å². The molecule has 3 rings (SSSR count). The fourth-order valence-corrected chi connectivity index (χ4v) is 3.77. The summed E-state index contributed by atoms with van der Waals surface area (Å²) >= 11 is 6.12. The van der Waals surface area contributed by atoms with Gasteiger partial charge in [-0.15, -0.1) is 0 Å². The molecule has 0 bridgehead atoms. The van der Waals surface area contributed by atoms with E-state index in [0.717, 1.165) is 12.1 Å². The lowest BCUT2D eigenvalue weighted by molar-refractivity contribution is -0.139. The second kappa shape index (κ2) is 8.17. The molecule has 7 heteroatoms. The summed E-state index contributed by atoms with van der Waals surface area (Å²) in [7, 11) is 1.61. The van der Waals surface area contributed by atoms with E-state index >= 15 is 0 Å². The van der Waals surface area contributed by atoms with E-state index in [1.807, 2.05) is 29.2 Å². The maximum Gasteiger partial charge on any atom is 0.228 e. The number of benzene rings is 1. The Kier molecular flexibility index (Phi) is 5.93. The zero-order valence-corrected chi connectivity index (χ0v) is 15.2. The van der Waals surface area contributed by atoms with Crippen LogP contribution < -0.4 is 5.32 Å². The smallest absolute Gasteiger partial charge is 0.228 e. The largest absolute Gasteiger partial charge is 0.383 e. The monoisotopic (exact) mass is 365 g/mol. The van der Waals surface area contributed by atoms with Crippen molar-refractivity contribution < 1.29 is 14.3 Å². The summed E-state index contributed by atoms with van der Waals surface area (Å²) in [5.74, 6) is -0.186. The van der Waals surface area contributed by atoms with Crippen molar-refractivity contribution in [3.05, 3.63) is 34.9 Å². The molecule has 1 N–H and O–H groups in total. The summed E-state index contributed by atoms with van der Waals surface area (Å²) in [5, 5.41) is 4.01. The Labute approximate surface area is 153 Å². The third-order valence-corrected chi connectivity index (χ3v) is 5.12. The maximum atomic E-state index is 13.1. The molecule has 136 valence electrons. The summed E-state index contributed by atoms with van der Waals surface area (Å²) in [6.45, 7) is 3.60. The number of halogens is 1. The molecule has 1 aromatic carbocycles. The Morgan fingerprint density at radius 2 is 2.28 bits per heavy atom. The first-order chi connectivity index (χ1) is 12.1. The van der Waals surface area contributed by atoms with Crippen molar-refractivity contribution in [3.63, 3.8) is 0 Å². The molecule has 0 saturated carbocycles. The number of nitrogens with one attached hydrogen (secondary N) is 1. The SMILES string of the molecule is COCCN1CC(C(=O)N2CCNCC2c2cccc(Cl)c2)CC1=O. The number of rotatable bonds is 5. The number of hydrogen-bond donors (Lipinski definition) is 1. The lowest BCUT2D eigenvalue weighted by Gasteiger charge is -2.38. The van der Waals surface area contributed by atoms with Crippen LogP contribution in [0.4, 0.5) is 0 Å². The van der Waals surface area contributed by atoms with Gasteiger partial charge in [-0.3, -0.25) is 9.59 Å². The minimum Gasteiger partial charge on any atom is -0.383 e. The Morgan fingerprint density at radius 1 is 1.44 bits per heavy atom. The standard InChI is InChI=1S/C18H24ClN3O3/c1-25-8-7-21-12-14(10-17(21)23)18(24)22-6-5-20-11-16(22)13-3-2-4-15(19)9-13/h2-4,9,14,16,20H,5-8,10-12H2,1H3. The van der Waals surface area contributed by atoms with Crippen molar-refractivity contribution in [2.24, 2.45) is 5.92 Å². The van der Waals surface area contributed by atoms with Crippen molar-refractivity contribution in [1.29, 1.82) is 0 Å². The van der Waals surface area contributed by atoms with Crippen LogP contribution in [0.3, 0.4) is 0 Å². The first kappa shape index (κ1) is 18.2. The van der Waals surface area contributed by atoms with E-state index in [2.05, 4.69) is 5.32 Å². The zero-order chi connectivity index (χ0) is 17.8. The molecule has 2 fully saturated rings. The highest BCUT2D eigenvalue weighted by Gasteiger charge is 2.39. The van der Waals surface area contributed by atoms with E-state index < -0.39 is 0 Å². The summed E-state index contributed by atoms with van der Waals surface area (Å²) in [5.41, 5.74) is 1.02. The number of likely N-dealkylation sites (tertiary alicyclic amines) is 1. The van der Waals surface area contributed by atoms with Gasteiger partial charge in [0, 0.05) is 51.3 Å². The fraction of sp³-hybridized carbons (Fsp3) is 0.556. The first-order valence-electron chi connectivity index (χ1n) is 8.63. The van der Waals surface area contributed by atoms with Crippen LogP contribution in [0.25, 0.3) is 0 Å². The highest BCUT2D eigenvalue weighted by atomic mass is 35.5. The van der Waals surface area contributed by atoms with Gasteiger partial charge in [-0.25, -0.2) is 0 Å². The number of ether oxygens (including phenoxy) is 1. The minimum absolute atomic E-state index is 0.0323. The van der Waals surface area contributed by atoms with Crippen molar-refractivity contribution >= 4 is 23.4 Å². The predicted molar refractivity (Wildman–Crippen MR) is 95.3 cm³/mol. The van der Waals surface area contributed by atoms with Crippen molar-refractivity contribution in [3.8, 4) is 0 Å². The Balaban J connectivity index is 1.72. The number of nitrogens with zero attached hydrogens (tertiary/aromatic N) is 2. The average Bonchev–Trinajstić information content (AvgIpc) is 3.00. The highest BCUT2D eigenvalue weighted by Crippen LogP contribution is 2.28. The van der Waals surface area contributed by atoms with Crippen LogP contribution in [-0.2, 0) is 14.3 Å². The normalized spacial score (nSPS) is 24.0. The van der Waals surface area contributed by atoms with E-state index in [1.54, 1.807) is 12.0 Å². The van der Waals surface area contributed by atoms with Crippen LogP contribution in [0.2, 0.25) is 5.02 Å². The molecule has 2 aliphatic heterocycles. The van der Waals surface area contributed by atoms with E-state index in [4.69, 9.17) is 16.3 Å². The van der Waals surface area contributed by atoms with Gasteiger partial charge in [0.2, 0.25) is 11.8 Å². The first-order valence-corrected chi connectivity index (χ1v) is 9.01. The highest BCUT2D eigenvalue weighted by molar-refractivity contribution is 6.30. The van der Waals surface area contributed by atoms with Crippen LogP contribution in [0.5, 0.6) is 0 Å². The second-order valence-corrected chi connectivity index (χ2v) is 6.98. The molecule has 0 aliphatic carbocycles. The molecule has 0 radical (unpaired) electrons. The molecular formula is C18H24ClN3O3. The number of methoxy groups -OCH3 is 1. The Hall–Kier alpha value is -1.63. The van der Waals surface area contributed by atoms with Crippen molar-refractivity contribution in [2.45, 2.75) is 12.5 Å². The van der Waals surface area contributed by atoms with Gasteiger partial charge in [-0.05, 0) is 17.7 Å². The van der Waals surface area contributed by atoms with E-state index in [-0.39, 0.29) is 30.2 Å². The van der Waals surface area contributed by atoms with Crippen LogP contribution in [0.1, 0.15) is 18.0 Å². The molecule has 2 amide bonds. The Morgan fingerprint density at radius 3 is 3.04 bits per heavy atom. The lowest BCUT2D eigenvalue weighted by atomic mass is 9.99. The molecule has 2 atom stereocenters. The maximum absolute atomic E-state index is 13.1. The van der Waals surface area contributed by atoms with Gasteiger partial charge in [0.05, 0.1) is 18.6 Å². The van der Waals surface area contributed by atoms with Gasteiger partial charge in [0.1, 0.15) is 0 Å². The van der Waals surface area contributed by atoms with Gasteiger partial charge in [0.15, 0.2) is 0 Å². The predicted octanol–water partition coefficient (Wildman–Crippen LogP) is 1.31. The molecule has 2 heterocycles. The number of amides is 2. The van der Waals surface area contributed by atoms with Gasteiger partial charge in [-0.1, -0.05) is 23.7 Å². The van der Waals surface area contributed by atoms with E-state index in [0.29, 0.717) is 37.8 Å². The third kappa shape index (κ3) is 4.14. The number of piperazine rings is 1. The van der Waals surface area contributed by atoms with Gasteiger partial charge >= 0.3 is 0 Å². The quantitative estimate of drug-likeness (QED) is 0.854. The van der Waals surface area contributed by atoms with Gasteiger partial charge in [0.25, 0.3) is 0 Å². The topological polar surface area (TPSA) is 61.9 Å². The number of carbonyl (C=O) groups is 2. The van der Waals surface area contributed by atoms with Crippen LogP contribution in [-0.4, -0.2) is 68.1 Å². The van der Waals surface area contributed by atoms with Gasteiger partial charge in [-0.2, -0.15) is 0 Å². The van der Waals surface area contributed by atoms with E-state index in [9.17, 15) is 9.59 Å². The molecule has 0 aromatic heterocycles. The zero-order valence-electron chi connectivity index (χ0n) is 14.4. The summed E-state index contributed by atoms with van der Waals surface area (Å²) in [6, 6.07) is 7.58. The molecule has 1 aromatic rings. The summed E-state index contributed by atoms with van der Waals surface area (Å²) in [6.07, 6.45) is 0.286. The fourth-order valence-electron chi connectivity index (χ4n) is 3.57. The third-order valence-electron chi connectivity index (χ3n) is 4.89. The van der Waals surface area contributed by atoms with E-state index in [1.165, 1.54) is 0 Å². The van der Waals surface area contributed by atoms with Crippen LogP contribution in [0, 0.1) is 5.92 Å². The summed E-state index contributed by atoms with van der Waals surface area (Å²) in [4.78, 5) is 28.9. The van der Waals surface area contributed by atoms with Crippen molar-refractivity contribution in [2.75, 3.05) is 46.4 Å². The lowest BCUT2D eigenvalue weighted by Crippen LogP contribution is -2.50. The van der Waals surface area contributed by atoms with Crippen LogP contribution >= 0.6 is 11.6 Å². The molecule has 2 unspecified atom stereocenters. The molecule has 2 saturated heterocycles. The average molecular weight is 366 g/mol. The molecule has 6 nitrogen and oxygen atoms in total. The number of carbonyl (C=O) groups excluding carboxylic acids is 2. The summed E-state index contributed by atoms with van der Waals surface area (Å²) < 4.78 is 5.04. The second-order valence-electron chi connectivity index (χ2n) is 6.54. The van der Waals surface area contributed by atoms with Crippen molar-refractivity contribution in [1.82, 2.24) is 15.1 Å². The molecule has 2 aliphatic rings. The Bertz CT molecular complexity index is 640. The molecule has 25 heavy (non-hydrogen) atoms. The minimum atomic E-state index is -0.274. The van der Waals surface area contributed by atoms with Gasteiger partial charge < -0.3 is 19.9 Å².